The van der Waals surface area contributed by atoms with E-state index >= 15 is 0 Å². The van der Waals surface area contributed by atoms with Gasteiger partial charge >= 0.3 is 11.8 Å². The van der Waals surface area contributed by atoms with Gasteiger partial charge < -0.3 is 15.4 Å². The topological polar surface area (TPSA) is 67.4 Å². The fourth-order valence-corrected chi connectivity index (χ4v) is 2.17. The van der Waals surface area contributed by atoms with Crippen molar-refractivity contribution in [3.8, 4) is 5.75 Å². The van der Waals surface area contributed by atoms with Gasteiger partial charge in [0, 0.05) is 17.8 Å². The maximum Gasteiger partial charge on any atom is 0.313 e. The van der Waals surface area contributed by atoms with Crippen molar-refractivity contribution in [2.45, 2.75) is 33.4 Å². The summed E-state index contributed by atoms with van der Waals surface area (Å²) in [5, 5.41) is 5.23. The lowest BCUT2D eigenvalue weighted by molar-refractivity contribution is -0.136. The van der Waals surface area contributed by atoms with Crippen LogP contribution in [0.4, 0.5) is 5.69 Å². The van der Waals surface area contributed by atoms with Crippen LogP contribution < -0.4 is 15.4 Å². The van der Waals surface area contributed by atoms with Crippen LogP contribution in [0.5, 0.6) is 5.75 Å². The summed E-state index contributed by atoms with van der Waals surface area (Å²) >= 11 is 0. The first-order chi connectivity index (χ1) is 11.5. The highest BCUT2D eigenvalue weighted by molar-refractivity contribution is 6.39. The largest absolute Gasteiger partial charge is 0.491 e. The summed E-state index contributed by atoms with van der Waals surface area (Å²) in [5.74, 6) is -0.670. The first-order valence-electron chi connectivity index (χ1n) is 7.86. The Hall–Kier alpha value is -2.82. The van der Waals surface area contributed by atoms with Gasteiger partial charge in [-0.3, -0.25) is 9.59 Å². The maximum absolute atomic E-state index is 12.0. The summed E-state index contributed by atoms with van der Waals surface area (Å²) in [6.07, 6.45) is 0.0335. The van der Waals surface area contributed by atoms with Crippen molar-refractivity contribution in [3.05, 3.63) is 59.7 Å². The van der Waals surface area contributed by atoms with Gasteiger partial charge in [0.1, 0.15) is 5.75 Å². The molecule has 5 heteroatoms. The van der Waals surface area contributed by atoms with Crippen molar-refractivity contribution in [1.29, 1.82) is 0 Å². The quantitative estimate of drug-likeness (QED) is 0.830. The zero-order chi connectivity index (χ0) is 17.5. The Morgan fingerprint density at radius 2 is 1.67 bits per heavy atom. The molecule has 0 heterocycles. The lowest BCUT2D eigenvalue weighted by atomic mass is 10.2. The number of para-hydroxylation sites is 2. The van der Waals surface area contributed by atoms with Crippen LogP contribution in [-0.2, 0) is 16.1 Å². The molecule has 2 N–H and O–H groups in total. The summed E-state index contributed by atoms with van der Waals surface area (Å²) in [7, 11) is 0. The molecule has 0 unspecified atom stereocenters. The zero-order valence-corrected chi connectivity index (χ0v) is 14.1. The van der Waals surface area contributed by atoms with Gasteiger partial charge in [-0.1, -0.05) is 36.4 Å². The second-order valence-electron chi connectivity index (χ2n) is 5.73. The number of amides is 2. The highest BCUT2D eigenvalue weighted by Gasteiger charge is 2.15. The molecule has 2 aromatic rings. The van der Waals surface area contributed by atoms with E-state index in [-0.39, 0.29) is 12.6 Å². The number of anilines is 1. The van der Waals surface area contributed by atoms with Crippen molar-refractivity contribution < 1.29 is 14.3 Å². The molecule has 0 saturated heterocycles. The molecule has 2 rings (SSSR count). The van der Waals surface area contributed by atoms with Crippen LogP contribution in [0, 0.1) is 6.92 Å². The van der Waals surface area contributed by atoms with Crippen LogP contribution in [0.2, 0.25) is 0 Å². The molecule has 0 aliphatic carbocycles. The van der Waals surface area contributed by atoms with E-state index in [0.29, 0.717) is 11.4 Å². The molecule has 0 bridgehead atoms. The predicted molar refractivity (Wildman–Crippen MR) is 93.9 cm³/mol. The Balaban J connectivity index is 1.96. The van der Waals surface area contributed by atoms with E-state index in [9.17, 15) is 9.59 Å². The van der Waals surface area contributed by atoms with Gasteiger partial charge in [0.05, 0.1) is 6.10 Å². The van der Waals surface area contributed by atoms with E-state index in [1.165, 1.54) is 0 Å². The molecular weight excluding hydrogens is 304 g/mol. The summed E-state index contributed by atoms with van der Waals surface area (Å²) in [5.41, 5.74) is 2.35. The molecule has 0 atom stereocenters. The number of hydrogen-bond acceptors (Lipinski definition) is 3. The summed E-state index contributed by atoms with van der Waals surface area (Å²) in [4.78, 5) is 24.0. The molecule has 2 aromatic carbocycles. The third-order valence-electron chi connectivity index (χ3n) is 3.37. The Morgan fingerprint density at radius 1 is 1.00 bits per heavy atom. The van der Waals surface area contributed by atoms with Crippen molar-refractivity contribution in [2.24, 2.45) is 0 Å². The second kappa shape index (κ2) is 8.15. The Labute approximate surface area is 142 Å². The minimum Gasteiger partial charge on any atom is -0.491 e. The van der Waals surface area contributed by atoms with Crippen LogP contribution >= 0.6 is 0 Å². The molecule has 0 aliphatic heterocycles. The zero-order valence-electron chi connectivity index (χ0n) is 14.1. The second-order valence-corrected chi connectivity index (χ2v) is 5.73. The van der Waals surface area contributed by atoms with Gasteiger partial charge in [0.2, 0.25) is 0 Å². The number of rotatable bonds is 5. The first-order valence-corrected chi connectivity index (χ1v) is 7.86. The SMILES string of the molecule is Cc1ccccc1NC(=O)C(=O)NCc1ccccc1OC(C)C. The lowest BCUT2D eigenvalue weighted by Gasteiger charge is -2.14. The molecule has 24 heavy (non-hydrogen) atoms. The third-order valence-corrected chi connectivity index (χ3v) is 3.37. The van der Waals surface area contributed by atoms with Gasteiger partial charge in [0.15, 0.2) is 0 Å². The summed E-state index contributed by atoms with van der Waals surface area (Å²) in [6, 6.07) is 14.7. The summed E-state index contributed by atoms with van der Waals surface area (Å²) < 4.78 is 5.70. The van der Waals surface area contributed by atoms with E-state index in [2.05, 4.69) is 10.6 Å². The number of nitrogens with one attached hydrogen (secondary N) is 2. The standard InChI is InChI=1S/C19H22N2O3/c1-13(2)24-17-11-7-5-9-15(17)12-20-18(22)19(23)21-16-10-6-4-8-14(16)3/h4-11,13H,12H2,1-3H3,(H,20,22)(H,21,23). The van der Waals surface area contributed by atoms with E-state index < -0.39 is 11.8 Å². The van der Waals surface area contributed by atoms with Crippen molar-refractivity contribution >= 4 is 17.5 Å². The van der Waals surface area contributed by atoms with Crippen molar-refractivity contribution in [2.75, 3.05) is 5.32 Å². The minimum absolute atomic E-state index is 0.0335. The minimum atomic E-state index is -0.688. The number of aryl methyl sites for hydroxylation is 1. The molecule has 126 valence electrons. The monoisotopic (exact) mass is 326 g/mol. The molecule has 0 aromatic heterocycles. The molecule has 0 radical (unpaired) electrons. The third kappa shape index (κ3) is 4.84. The molecule has 0 aliphatic rings. The molecule has 0 spiro atoms. The van der Waals surface area contributed by atoms with E-state index in [4.69, 9.17) is 4.74 Å². The maximum atomic E-state index is 12.0. The molecule has 2 amide bonds. The fourth-order valence-electron chi connectivity index (χ4n) is 2.17. The van der Waals surface area contributed by atoms with Gasteiger partial charge in [-0.15, -0.1) is 0 Å². The Bertz CT molecular complexity index is 726. The van der Waals surface area contributed by atoms with E-state index in [0.717, 1.165) is 11.1 Å². The number of carbonyl (C=O) groups is 2. The van der Waals surface area contributed by atoms with Crippen LogP contribution in [0.1, 0.15) is 25.0 Å². The number of carbonyl (C=O) groups excluding carboxylic acids is 2. The number of ether oxygens (including phenoxy) is 1. The van der Waals surface area contributed by atoms with E-state index in [1.807, 2.05) is 57.2 Å². The smallest absolute Gasteiger partial charge is 0.313 e. The lowest BCUT2D eigenvalue weighted by Crippen LogP contribution is -2.35. The average Bonchev–Trinajstić information content (AvgIpc) is 2.55. The van der Waals surface area contributed by atoms with Crippen LogP contribution in [0.15, 0.2) is 48.5 Å². The fraction of sp³-hybridized carbons (Fsp3) is 0.263. The predicted octanol–water partition coefficient (Wildman–Crippen LogP) is 3.04. The molecule has 0 fully saturated rings. The molecule has 0 saturated carbocycles. The van der Waals surface area contributed by atoms with Gasteiger partial charge in [0.25, 0.3) is 0 Å². The van der Waals surface area contributed by atoms with E-state index in [1.54, 1.807) is 12.1 Å². The average molecular weight is 326 g/mol. The molecular formula is C19H22N2O3. The highest BCUT2D eigenvalue weighted by Crippen LogP contribution is 2.19. The van der Waals surface area contributed by atoms with Crippen LogP contribution in [0.3, 0.4) is 0 Å². The van der Waals surface area contributed by atoms with Crippen LogP contribution in [0.25, 0.3) is 0 Å². The van der Waals surface area contributed by atoms with Gasteiger partial charge in [-0.05, 0) is 38.5 Å². The Kier molecular flexibility index (Phi) is 5.95. The van der Waals surface area contributed by atoms with Crippen LogP contribution in [-0.4, -0.2) is 17.9 Å². The summed E-state index contributed by atoms with van der Waals surface area (Å²) in [6.45, 7) is 5.96. The Morgan fingerprint density at radius 3 is 2.38 bits per heavy atom. The molecule has 5 nitrogen and oxygen atoms in total. The number of hydrogen-bond donors (Lipinski definition) is 2. The number of benzene rings is 2. The first kappa shape index (κ1) is 17.5. The van der Waals surface area contributed by atoms with Gasteiger partial charge in [-0.2, -0.15) is 0 Å². The van der Waals surface area contributed by atoms with Crippen molar-refractivity contribution in [1.82, 2.24) is 5.32 Å². The normalized spacial score (nSPS) is 10.3. The van der Waals surface area contributed by atoms with Crippen molar-refractivity contribution in [3.63, 3.8) is 0 Å². The van der Waals surface area contributed by atoms with Gasteiger partial charge in [-0.25, -0.2) is 0 Å². The highest BCUT2D eigenvalue weighted by atomic mass is 16.5.